The fraction of sp³-hybridized carbons (Fsp3) is 0.0400. The molecule has 0 aliphatic carbocycles. The summed E-state index contributed by atoms with van der Waals surface area (Å²) in [5.74, 6) is -8.60. The van der Waals surface area contributed by atoms with E-state index in [9.17, 15) is 74.8 Å². The number of aromatic nitrogens is 12. The number of rotatable bonds is 16. The van der Waals surface area contributed by atoms with E-state index in [4.69, 9.17) is 28.8 Å². The minimum absolute atomic E-state index is 0.0315. The zero-order chi connectivity index (χ0) is 94.3. The highest BCUT2D eigenvalue weighted by Crippen LogP contribution is 2.40. The number of H-pyrrole nitrogens is 6. The first-order valence-corrected chi connectivity index (χ1v) is 40.2. The van der Waals surface area contributed by atoms with E-state index in [2.05, 4.69) is 97.6 Å². The number of nitrogens with zero attached hydrogens (tertiary/aromatic N) is 6. The van der Waals surface area contributed by atoms with Crippen molar-refractivity contribution in [1.29, 1.82) is 0 Å². The van der Waals surface area contributed by atoms with Gasteiger partial charge in [0.15, 0.2) is 0 Å². The molecule has 0 saturated carbocycles. The molecular formula is C100H67F7N12O15. The van der Waals surface area contributed by atoms with Crippen LogP contribution < -0.4 is 19.8 Å². The number of halogens is 7. The molecule has 0 bridgehead atoms. The maximum atomic E-state index is 14.3. The molecule has 0 radical (unpaired) electrons. The van der Waals surface area contributed by atoms with Crippen molar-refractivity contribution in [2.24, 2.45) is 0 Å². The normalized spacial score (nSPS) is 11.0. The number of carboxylic acids is 5. The van der Waals surface area contributed by atoms with Gasteiger partial charge in [0.05, 0.1) is 80.5 Å². The molecule has 21 aromatic rings. The molecule has 34 heteroatoms. The number of nitrogens with one attached hydrogen (secondary N) is 6. The van der Waals surface area contributed by atoms with Crippen molar-refractivity contribution in [2.45, 2.75) is 13.5 Å². The van der Waals surface area contributed by atoms with Crippen LogP contribution in [-0.2, 0) is 6.61 Å². The van der Waals surface area contributed by atoms with Crippen molar-refractivity contribution in [3.05, 3.63) is 363 Å². The Morgan fingerprint density at radius 1 is 0.336 bits per heavy atom. The second kappa shape index (κ2) is 38.3. The molecule has 7 aromatic heterocycles. The molecule has 0 spiro atoms. The largest absolute Gasteiger partial charge is 0.496 e. The summed E-state index contributed by atoms with van der Waals surface area (Å²) in [4.78, 5) is 67.1. The molecule has 11 N–H and O–H groups in total. The summed E-state index contributed by atoms with van der Waals surface area (Å²) in [5.41, 5.74) is 11.5. The third-order valence-electron chi connectivity index (χ3n) is 21.3. The SMILES string of the molecule is COc1c(C(=O)O)ccc2[nH]nc(-c3cccc(F)c3)c12.COc1cc2[nH]nc(-c3cccc(F)c3)c2cc1C(=O)O.Cc1cc2[nH]nc(-c3cccc(F)c3)c2cc1C(=O)O.O=C(O)c1cc2c(-c3cccc(F)c3)n[nH]c2cc1F.O=C(O)c1ccc2[nH]nc(-c3cccc(F)c3)c2c1F.O=c1ccc2ccc(OCc3ccc4[nH]nc(-c5ccc6ccccc6c5)c4c3)cc2o1. The van der Waals surface area contributed by atoms with Gasteiger partial charge in [0.2, 0.25) is 0 Å². The van der Waals surface area contributed by atoms with Gasteiger partial charge in [0, 0.05) is 84.6 Å². The Labute approximate surface area is 749 Å². The lowest BCUT2D eigenvalue weighted by molar-refractivity contribution is 0.0681. The first-order valence-electron chi connectivity index (χ1n) is 40.2. The number of methoxy groups -OCH3 is 2. The summed E-state index contributed by atoms with van der Waals surface area (Å²) in [5, 5.41) is 93.8. The maximum absolute atomic E-state index is 14.3. The van der Waals surface area contributed by atoms with Gasteiger partial charge >= 0.3 is 35.5 Å². The van der Waals surface area contributed by atoms with Gasteiger partial charge in [-0.25, -0.2) is 59.5 Å². The first-order chi connectivity index (χ1) is 64.6. The molecule has 21 rings (SSSR count). The van der Waals surface area contributed by atoms with Crippen LogP contribution in [0.5, 0.6) is 17.2 Å². The Bertz CT molecular complexity index is 8080. The number of hydrogen-bond donors (Lipinski definition) is 11. The summed E-state index contributed by atoms with van der Waals surface area (Å²) >= 11 is 0. The predicted octanol–water partition coefficient (Wildman–Crippen LogP) is 22.0. The van der Waals surface area contributed by atoms with E-state index in [1.165, 1.54) is 128 Å². The van der Waals surface area contributed by atoms with Crippen molar-refractivity contribution in [3.63, 3.8) is 0 Å². The topological polar surface area (TPSA) is 416 Å². The Morgan fingerprint density at radius 3 is 1.25 bits per heavy atom. The number of benzene rings is 14. The molecule has 27 nitrogen and oxygen atoms in total. The number of hydrogen-bond acceptors (Lipinski definition) is 16. The lowest BCUT2D eigenvalue weighted by Gasteiger charge is -2.08. The zero-order valence-corrected chi connectivity index (χ0v) is 69.8. The maximum Gasteiger partial charge on any atom is 0.339 e. The van der Waals surface area contributed by atoms with Gasteiger partial charge in [-0.2, -0.15) is 30.6 Å². The van der Waals surface area contributed by atoms with Crippen molar-refractivity contribution < 1.29 is 98.9 Å². The lowest BCUT2D eigenvalue weighted by atomic mass is 10.0. The number of fused-ring (bicyclic) bond motifs is 8. The van der Waals surface area contributed by atoms with Crippen molar-refractivity contribution in [2.75, 3.05) is 14.2 Å². The minimum atomic E-state index is -1.37. The van der Waals surface area contributed by atoms with Gasteiger partial charge in [-0.15, -0.1) is 0 Å². The number of ether oxygens (including phenoxy) is 3. The molecule has 0 atom stereocenters. The summed E-state index contributed by atoms with van der Waals surface area (Å²) in [6.07, 6.45) is 0. The van der Waals surface area contributed by atoms with Crippen LogP contribution in [0.15, 0.2) is 282 Å². The molecule has 0 saturated heterocycles. The third kappa shape index (κ3) is 19.0. The van der Waals surface area contributed by atoms with E-state index in [-0.39, 0.29) is 56.5 Å². The zero-order valence-electron chi connectivity index (χ0n) is 69.8. The lowest BCUT2D eigenvalue weighted by Crippen LogP contribution is -2.00. The Morgan fingerprint density at radius 2 is 0.746 bits per heavy atom. The first kappa shape index (κ1) is 89.0. The summed E-state index contributed by atoms with van der Waals surface area (Å²) in [7, 11) is 2.79. The van der Waals surface area contributed by atoms with E-state index in [1.54, 1.807) is 91.9 Å². The van der Waals surface area contributed by atoms with E-state index in [0.29, 0.717) is 118 Å². The van der Waals surface area contributed by atoms with Gasteiger partial charge < -0.3 is 44.2 Å². The predicted molar refractivity (Wildman–Crippen MR) is 486 cm³/mol. The molecule has 0 unspecified atom stereocenters. The molecule has 0 aliphatic rings. The number of aromatic amines is 6. The number of carbonyl (C=O) groups is 5. The van der Waals surface area contributed by atoms with Gasteiger partial charge in [-0.3, -0.25) is 30.6 Å². The molecule has 666 valence electrons. The summed E-state index contributed by atoms with van der Waals surface area (Å²) in [6, 6.07) is 72.9. The highest BCUT2D eigenvalue weighted by Gasteiger charge is 2.25. The van der Waals surface area contributed by atoms with Crippen LogP contribution in [-0.4, -0.2) is 131 Å². The molecule has 0 fully saturated rings. The minimum Gasteiger partial charge on any atom is -0.496 e. The van der Waals surface area contributed by atoms with Gasteiger partial charge in [0.25, 0.3) is 0 Å². The van der Waals surface area contributed by atoms with Gasteiger partial charge in [-0.1, -0.05) is 103 Å². The molecule has 0 aliphatic heterocycles. The van der Waals surface area contributed by atoms with Crippen LogP contribution in [0.2, 0.25) is 0 Å². The average Bonchev–Trinajstić information content (AvgIpc) is 1.73. The Balaban J connectivity index is 0.000000118. The van der Waals surface area contributed by atoms with Crippen LogP contribution in [0.3, 0.4) is 0 Å². The second-order valence-corrected chi connectivity index (χ2v) is 29.8. The smallest absolute Gasteiger partial charge is 0.339 e. The molecule has 134 heavy (non-hydrogen) atoms. The van der Waals surface area contributed by atoms with Crippen LogP contribution in [0.4, 0.5) is 30.7 Å². The van der Waals surface area contributed by atoms with Gasteiger partial charge in [-0.05, 0) is 174 Å². The standard InChI is InChI=1S/C27H18N2O3.2C15H11FN2O3.C15H11FN2O2.2C14H8F2N2O2/c30-26-12-9-19-8-10-22(15-25(19)32-26)31-16-17-5-11-24-23(13-17)27(29-28-24)21-7-6-18-3-1-2-4-20(18)14-21;1-21-13-7-12-10(6-11(13)15(19)20)14(18-17-12)8-3-2-4-9(16)5-8;1-21-14-10(15(19)20)5-6-11-12(14)13(18-17-11)8-3-2-4-9(16)7-8;1-8-5-13-12(7-11(8)15(19)20)14(18-17-13)9-3-2-4-10(16)6-9;15-8-3-1-2-7(4-8)13-10-5-9(14(19)20)11(16)6-12(10)17-18-13;15-8-3-1-2-7(6-8)13-11-10(17-18-13)5-4-9(12(11)16)14(19)20/h1-15H,16H2,(H,28,29);2*2-7H,1H3,(H,17,18)(H,19,20);2-7H,1H3,(H,17,18)(H,19,20);2*1-6H,(H,17,18)(H,19,20). The summed E-state index contributed by atoms with van der Waals surface area (Å²) in [6.45, 7) is 2.12. The van der Waals surface area contributed by atoms with E-state index >= 15 is 0 Å². The highest BCUT2D eigenvalue weighted by atomic mass is 19.2. The second-order valence-electron chi connectivity index (χ2n) is 29.8. The average molecular weight is 1810 g/mol. The fourth-order valence-electron chi connectivity index (χ4n) is 14.9. The van der Waals surface area contributed by atoms with Crippen molar-refractivity contribution in [1.82, 2.24) is 61.2 Å². The summed E-state index contributed by atoms with van der Waals surface area (Å²) < 4.78 is 116. The van der Waals surface area contributed by atoms with E-state index < -0.39 is 70.1 Å². The molecule has 0 amide bonds. The quantitative estimate of drug-likeness (QED) is 0.0316. The van der Waals surface area contributed by atoms with Crippen LogP contribution in [0, 0.1) is 47.6 Å². The Kier molecular flexibility index (Phi) is 25.4. The van der Waals surface area contributed by atoms with Crippen LogP contribution >= 0.6 is 0 Å². The van der Waals surface area contributed by atoms with E-state index in [1.807, 2.05) is 36.4 Å². The van der Waals surface area contributed by atoms with Crippen LogP contribution in [0.1, 0.15) is 62.9 Å². The monoisotopic (exact) mass is 1810 g/mol. The number of carboxylic acid groups (broad SMARTS) is 5. The third-order valence-corrected chi connectivity index (χ3v) is 21.3. The fourth-order valence-corrected chi connectivity index (χ4v) is 14.9. The number of aromatic carboxylic acids is 5. The van der Waals surface area contributed by atoms with Crippen LogP contribution in [0.25, 0.3) is 155 Å². The van der Waals surface area contributed by atoms with Crippen molar-refractivity contribution >= 4 is 117 Å². The van der Waals surface area contributed by atoms with Crippen molar-refractivity contribution in [3.8, 4) is 84.8 Å². The highest BCUT2D eigenvalue weighted by molar-refractivity contribution is 6.07. The molecule has 14 aromatic carbocycles. The number of aryl methyl sites for hydroxylation is 1. The molecular weight excluding hydrogens is 1740 g/mol. The molecule has 7 heterocycles. The Hall–Kier alpha value is -18.4. The van der Waals surface area contributed by atoms with E-state index in [0.717, 1.165) is 50.8 Å². The van der Waals surface area contributed by atoms with Gasteiger partial charge in [0.1, 0.15) is 110 Å².